The van der Waals surface area contributed by atoms with Gasteiger partial charge in [-0.1, -0.05) is 11.6 Å². The van der Waals surface area contributed by atoms with Gasteiger partial charge in [-0.05, 0) is 37.1 Å². The van der Waals surface area contributed by atoms with Crippen LogP contribution >= 0.6 is 11.6 Å². The third-order valence-electron chi connectivity index (χ3n) is 2.64. The van der Waals surface area contributed by atoms with Gasteiger partial charge in [0.05, 0.1) is 19.5 Å². The fourth-order valence-corrected chi connectivity index (χ4v) is 1.80. The van der Waals surface area contributed by atoms with Crippen LogP contribution in [0.4, 0.5) is 0 Å². The zero-order valence-electron chi connectivity index (χ0n) is 11.3. The Morgan fingerprint density at radius 3 is 2.45 bits per heavy atom. The van der Waals surface area contributed by atoms with Gasteiger partial charge in [0.25, 0.3) is 0 Å². The molecule has 1 heterocycles. The van der Waals surface area contributed by atoms with Crippen molar-refractivity contribution in [3.63, 3.8) is 0 Å². The van der Waals surface area contributed by atoms with Gasteiger partial charge in [0.1, 0.15) is 5.75 Å². The smallest absolute Gasteiger partial charge is 0.358 e. The average Bonchev–Trinajstić information content (AvgIpc) is 2.44. The van der Waals surface area contributed by atoms with Gasteiger partial charge < -0.3 is 9.47 Å². The molecule has 0 atom stereocenters. The number of nitrogens with zero attached hydrogens (tertiary/aromatic N) is 2. The standard InChI is InChI=1S/C14H13ClN2O3/c1-8-4-10(5-9(2)13(8)15)20-12-7-16-6-11(17-12)14(18)19-3/h4-7H,1-3H3. The van der Waals surface area contributed by atoms with Crippen LogP contribution in [0.25, 0.3) is 0 Å². The maximum Gasteiger partial charge on any atom is 0.358 e. The van der Waals surface area contributed by atoms with E-state index in [1.54, 1.807) is 12.1 Å². The fraction of sp³-hybridized carbons (Fsp3) is 0.214. The van der Waals surface area contributed by atoms with E-state index >= 15 is 0 Å². The molecular formula is C14H13ClN2O3. The van der Waals surface area contributed by atoms with Crippen molar-refractivity contribution in [3.05, 3.63) is 46.4 Å². The van der Waals surface area contributed by atoms with Crippen LogP contribution in [0.5, 0.6) is 11.6 Å². The van der Waals surface area contributed by atoms with Crippen LogP contribution in [0, 0.1) is 13.8 Å². The highest BCUT2D eigenvalue weighted by Crippen LogP contribution is 2.28. The van der Waals surface area contributed by atoms with Gasteiger partial charge in [-0.2, -0.15) is 0 Å². The average molecular weight is 293 g/mol. The predicted octanol–water partition coefficient (Wildman–Crippen LogP) is 3.33. The van der Waals surface area contributed by atoms with Gasteiger partial charge >= 0.3 is 5.97 Å². The molecule has 5 nitrogen and oxygen atoms in total. The first kappa shape index (κ1) is 14.3. The van der Waals surface area contributed by atoms with Crippen LogP contribution < -0.4 is 4.74 Å². The van der Waals surface area contributed by atoms with E-state index in [4.69, 9.17) is 16.3 Å². The highest BCUT2D eigenvalue weighted by molar-refractivity contribution is 6.32. The van der Waals surface area contributed by atoms with E-state index in [2.05, 4.69) is 14.7 Å². The number of hydrogen-bond donors (Lipinski definition) is 0. The summed E-state index contributed by atoms with van der Waals surface area (Å²) < 4.78 is 10.2. The van der Waals surface area contributed by atoms with E-state index in [1.807, 2.05) is 13.8 Å². The monoisotopic (exact) mass is 292 g/mol. The molecule has 1 aromatic carbocycles. The van der Waals surface area contributed by atoms with E-state index < -0.39 is 5.97 Å². The van der Waals surface area contributed by atoms with Crippen LogP contribution in [-0.2, 0) is 4.74 Å². The first-order valence-corrected chi connectivity index (χ1v) is 6.24. The molecule has 6 heteroatoms. The lowest BCUT2D eigenvalue weighted by molar-refractivity contribution is 0.0592. The maximum atomic E-state index is 11.4. The van der Waals surface area contributed by atoms with Gasteiger partial charge in [-0.25, -0.2) is 9.78 Å². The Labute approximate surface area is 121 Å². The largest absolute Gasteiger partial charge is 0.464 e. The van der Waals surface area contributed by atoms with Crippen molar-refractivity contribution in [2.24, 2.45) is 0 Å². The molecule has 0 aliphatic carbocycles. The number of carbonyl (C=O) groups is 1. The molecule has 0 saturated carbocycles. The Bertz CT molecular complexity index is 636. The van der Waals surface area contributed by atoms with Crippen molar-refractivity contribution in [1.82, 2.24) is 9.97 Å². The van der Waals surface area contributed by atoms with E-state index in [1.165, 1.54) is 19.5 Å². The Balaban J connectivity index is 2.28. The fourth-order valence-electron chi connectivity index (χ4n) is 1.69. The van der Waals surface area contributed by atoms with E-state index in [0.29, 0.717) is 10.8 Å². The lowest BCUT2D eigenvalue weighted by Gasteiger charge is -2.09. The molecule has 0 radical (unpaired) electrons. The Kier molecular flexibility index (Phi) is 4.20. The van der Waals surface area contributed by atoms with Crippen molar-refractivity contribution in [1.29, 1.82) is 0 Å². The minimum Gasteiger partial charge on any atom is -0.464 e. The number of rotatable bonds is 3. The van der Waals surface area contributed by atoms with Crippen LogP contribution in [0.1, 0.15) is 21.6 Å². The second-order valence-corrected chi connectivity index (χ2v) is 4.59. The third kappa shape index (κ3) is 3.05. The summed E-state index contributed by atoms with van der Waals surface area (Å²) in [5.41, 5.74) is 1.89. The molecule has 0 aliphatic rings. The van der Waals surface area contributed by atoms with Crippen LogP contribution in [0.15, 0.2) is 24.5 Å². The van der Waals surface area contributed by atoms with Gasteiger partial charge in [-0.3, -0.25) is 4.98 Å². The summed E-state index contributed by atoms with van der Waals surface area (Å²) in [5.74, 6) is 0.237. The van der Waals surface area contributed by atoms with Gasteiger partial charge in [0, 0.05) is 5.02 Å². The number of methoxy groups -OCH3 is 1. The molecule has 0 amide bonds. The first-order chi connectivity index (χ1) is 9.51. The molecule has 1 aromatic heterocycles. The second-order valence-electron chi connectivity index (χ2n) is 4.21. The molecule has 0 bridgehead atoms. The van der Waals surface area contributed by atoms with E-state index in [0.717, 1.165) is 11.1 Å². The van der Waals surface area contributed by atoms with Crippen LogP contribution in [0.3, 0.4) is 0 Å². The molecular weight excluding hydrogens is 280 g/mol. The van der Waals surface area contributed by atoms with Gasteiger partial charge in [0.15, 0.2) is 5.69 Å². The lowest BCUT2D eigenvalue weighted by atomic mass is 10.1. The molecule has 0 saturated heterocycles. The second kappa shape index (κ2) is 5.88. The predicted molar refractivity (Wildman–Crippen MR) is 74.4 cm³/mol. The minimum atomic E-state index is -0.564. The zero-order valence-corrected chi connectivity index (χ0v) is 12.1. The summed E-state index contributed by atoms with van der Waals surface area (Å²) in [6, 6.07) is 3.59. The number of carbonyl (C=O) groups excluding carboxylic acids is 1. The Hall–Kier alpha value is -2.14. The summed E-state index contributed by atoms with van der Waals surface area (Å²) in [6.07, 6.45) is 2.74. The highest BCUT2D eigenvalue weighted by Gasteiger charge is 2.10. The molecule has 0 aliphatic heterocycles. The summed E-state index contributed by atoms with van der Waals surface area (Å²) >= 11 is 6.09. The van der Waals surface area contributed by atoms with Crippen LogP contribution in [0.2, 0.25) is 5.02 Å². The van der Waals surface area contributed by atoms with Crippen molar-refractivity contribution in [2.45, 2.75) is 13.8 Å². The maximum absolute atomic E-state index is 11.4. The van der Waals surface area contributed by atoms with Gasteiger partial charge in [0.2, 0.25) is 5.88 Å². The molecule has 0 unspecified atom stereocenters. The highest BCUT2D eigenvalue weighted by atomic mass is 35.5. The number of ether oxygens (including phenoxy) is 2. The molecule has 0 fully saturated rings. The summed E-state index contributed by atoms with van der Waals surface area (Å²) in [7, 11) is 1.28. The molecule has 2 aromatic rings. The molecule has 2 rings (SSSR count). The third-order valence-corrected chi connectivity index (χ3v) is 3.24. The number of aryl methyl sites for hydroxylation is 2. The van der Waals surface area contributed by atoms with Crippen molar-refractivity contribution >= 4 is 17.6 Å². The van der Waals surface area contributed by atoms with Crippen molar-refractivity contribution < 1.29 is 14.3 Å². The lowest BCUT2D eigenvalue weighted by Crippen LogP contribution is -2.05. The number of halogens is 1. The SMILES string of the molecule is COC(=O)c1cncc(Oc2cc(C)c(Cl)c(C)c2)n1. The molecule has 20 heavy (non-hydrogen) atoms. The van der Waals surface area contributed by atoms with Crippen molar-refractivity contribution in [2.75, 3.05) is 7.11 Å². The summed E-state index contributed by atoms with van der Waals surface area (Å²) in [6.45, 7) is 3.78. The van der Waals surface area contributed by atoms with Crippen LogP contribution in [-0.4, -0.2) is 23.0 Å². The van der Waals surface area contributed by atoms with Crippen molar-refractivity contribution in [3.8, 4) is 11.6 Å². The first-order valence-electron chi connectivity index (χ1n) is 5.86. The summed E-state index contributed by atoms with van der Waals surface area (Å²) in [5, 5.41) is 0.701. The van der Waals surface area contributed by atoms with E-state index in [-0.39, 0.29) is 11.6 Å². The molecule has 0 N–H and O–H groups in total. The number of aromatic nitrogens is 2. The minimum absolute atomic E-state index is 0.0902. The Morgan fingerprint density at radius 1 is 1.20 bits per heavy atom. The topological polar surface area (TPSA) is 61.3 Å². The Morgan fingerprint density at radius 2 is 1.85 bits per heavy atom. The number of esters is 1. The quantitative estimate of drug-likeness (QED) is 0.812. The van der Waals surface area contributed by atoms with Gasteiger partial charge in [-0.15, -0.1) is 0 Å². The number of benzene rings is 1. The summed E-state index contributed by atoms with van der Waals surface area (Å²) in [4.78, 5) is 19.3. The number of hydrogen-bond acceptors (Lipinski definition) is 5. The molecule has 104 valence electrons. The normalized spacial score (nSPS) is 10.2. The van der Waals surface area contributed by atoms with E-state index in [9.17, 15) is 4.79 Å². The molecule has 0 spiro atoms. The zero-order chi connectivity index (χ0) is 14.7.